The summed E-state index contributed by atoms with van der Waals surface area (Å²) in [4.78, 5) is 11.6. The van der Waals surface area contributed by atoms with Crippen LogP contribution < -0.4 is 0 Å². The van der Waals surface area contributed by atoms with E-state index in [-0.39, 0.29) is 12.3 Å². The van der Waals surface area contributed by atoms with E-state index in [1.165, 1.54) is 6.92 Å². The smallest absolute Gasteiger partial charge is 0.416 e. The molecule has 0 aliphatic heterocycles. The van der Waals surface area contributed by atoms with Crippen LogP contribution in [0.3, 0.4) is 0 Å². The van der Waals surface area contributed by atoms with E-state index in [0.29, 0.717) is 12.1 Å². The molecule has 1 rings (SSSR count). The lowest BCUT2D eigenvalue weighted by Gasteiger charge is -2.09. The number of rotatable bonds is 4. The van der Waals surface area contributed by atoms with E-state index in [1.807, 2.05) is 0 Å². The van der Waals surface area contributed by atoms with Gasteiger partial charge in [-0.1, -0.05) is 23.2 Å². The Bertz CT molecular complexity index is 646. The third-order valence-corrected chi connectivity index (χ3v) is 2.98. The van der Waals surface area contributed by atoms with Gasteiger partial charge in [0.2, 0.25) is 5.70 Å². The maximum Gasteiger partial charge on any atom is 0.416 e. The topological polar surface area (TPSA) is 71.2 Å². The molecule has 0 atom stereocenters. The Balaban J connectivity index is 3.23. The van der Waals surface area contributed by atoms with Gasteiger partial charge in [-0.2, -0.15) is 13.2 Å². The molecule has 0 spiro atoms. The highest BCUT2D eigenvalue weighted by molar-refractivity contribution is 6.38. The van der Waals surface area contributed by atoms with Crippen molar-refractivity contribution in [3.63, 3.8) is 0 Å². The quantitative estimate of drug-likeness (QED) is 0.331. The van der Waals surface area contributed by atoms with Crippen molar-refractivity contribution < 1.29 is 27.8 Å². The molecule has 1 N–H and O–H groups in total. The summed E-state index contributed by atoms with van der Waals surface area (Å²) >= 11 is 11.4. The van der Waals surface area contributed by atoms with Crippen LogP contribution in [0.2, 0.25) is 10.0 Å². The Kier molecular flexibility index (Phi) is 6.40. The third-order valence-electron chi connectivity index (χ3n) is 2.41. The van der Waals surface area contributed by atoms with E-state index in [1.54, 1.807) is 6.92 Å². The van der Waals surface area contributed by atoms with Crippen LogP contribution in [-0.2, 0) is 15.7 Å². The highest BCUT2D eigenvalue weighted by Gasteiger charge is 2.32. The molecule has 0 heterocycles. The maximum absolute atomic E-state index is 12.6. The normalized spacial score (nSPS) is 13.2. The van der Waals surface area contributed by atoms with Crippen molar-refractivity contribution in [2.75, 3.05) is 6.61 Å². The summed E-state index contributed by atoms with van der Waals surface area (Å²) in [7, 11) is 0. The predicted octanol–water partition coefficient (Wildman–Crippen LogP) is 5.45. The van der Waals surface area contributed by atoms with Gasteiger partial charge < -0.3 is 9.84 Å². The lowest BCUT2D eigenvalue weighted by molar-refractivity contribution is -0.139. The van der Waals surface area contributed by atoms with Crippen LogP contribution in [0.4, 0.5) is 18.9 Å². The molecule has 0 amide bonds. The Morgan fingerprint density at radius 3 is 2.22 bits per heavy atom. The third kappa shape index (κ3) is 5.11. The number of esters is 1. The van der Waals surface area contributed by atoms with Crippen molar-refractivity contribution in [2.45, 2.75) is 20.0 Å². The second-order valence-corrected chi connectivity index (χ2v) is 4.96. The van der Waals surface area contributed by atoms with Gasteiger partial charge in [0.15, 0.2) is 0 Å². The molecular weight excluding hydrogens is 360 g/mol. The molecule has 23 heavy (non-hydrogen) atoms. The van der Waals surface area contributed by atoms with Crippen molar-refractivity contribution in [2.24, 2.45) is 10.2 Å². The average Bonchev–Trinajstić information content (AvgIpc) is 2.40. The van der Waals surface area contributed by atoms with Crippen molar-refractivity contribution in [1.29, 1.82) is 0 Å². The maximum atomic E-state index is 12.6. The number of aliphatic hydroxyl groups excluding tert-OH is 1. The van der Waals surface area contributed by atoms with E-state index in [0.717, 1.165) is 0 Å². The summed E-state index contributed by atoms with van der Waals surface area (Å²) in [6.45, 7) is 2.75. The van der Waals surface area contributed by atoms with E-state index in [9.17, 15) is 23.1 Å². The number of nitrogens with zero attached hydrogens (tertiary/aromatic N) is 2. The lowest BCUT2D eigenvalue weighted by Crippen LogP contribution is -2.07. The number of carbonyl (C=O) groups is 1. The molecule has 0 bridgehead atoms. The molecule has 0 saturated heterocycles. The lowest BCUT2D eigenvalue weighted by atomic mass is 10.2. The van der Waals surface area contributed by atoms with E-state index >= 15 is 0 Å². The second-order valence-electron chi connectivity index (χ2n) is 4.14. The number of alkyl halides is 3. The first-order valence-electron chi connectivity index (χ1n) is 6.12. The number of allylic oxidation sites excluding steroid dienone is 1. The number of benzene rings is 1. The minimum absolute atomic E-state index is 0.0346. The molecular formula is C13H11Cl2F3N2O3. The van der Waals surface area contributed by atoms with Gasteiger partial charge in [-0.15, -0.1) is 10.2 Å². The van der Waals surface area contributed by atoms with Gasteiger partial charge >= 0.3 is 12.1 Å². The summed E-state index contributed by atoms with van der Waals surface area (Å²) in [5, 5.41) is 15.6. The number of carbonyl (C=O) groups excluding carboxylic acids is 1. The zero-order chi connectivity index (χ0) is 17.8. The van der Waals surface area contributed by atoms with Crippen LogP contribution in [0.5, 0.6) is 0 Å². The molecule has 0 aliphatic rings. The van der Waals surface area contributed by atoms with Crippen molar-refractivity contribution >= 4 is 34.9 Å². The zero-order valence-electron chi connectivity index (χ0n) is 11.9. The standard InChI is InChI=1S/C13H11Cl2F3N2O3/c1-3-23-12(22)10(6(2)21)19-20-11-8(14)4-7(5-9(11)15)13(16,17)18/h4-5,21H,3H2,1-2H3. The van der Waals surface area contributed by atoms with Gasteiger partial charge in [0.1, 0.15) is 11.4 Å². The first-order chi connectivity index (χ1) is 10.6. The number of ether oxygens (including phenoxy) is 1. The summed E-state index contributed by atoms with van der Waals surface area (Å²) in [6, 6.07) is 1.25. The van der Waals surface area contributed by atoms with Crippen molar-refractivity contribution in [3.8, 4) is 0 Å². The Morgan fingerprint density at radius 1 is 1.30 bits per heavy atom. The molecule has 0 aromatic heterocycles. The van der Waals surface area contributed by atoms with Gasteiger partial charge in [0.25, 0.3) is 0 Å². The fourth-order valence-electron chi connectivity index (χ4n) is 1.39. The fourth-order valence-corrected chi connectivity index (χ4v) is 1.95. The first-order valence-corrected chi connectivity index (χ1v) is 6.88. The summed E-state index contributed by atoms with van der Waals surface area (Å²) in [5.41, 5.74) is -1.84. The van der Waals surface area contributed by atoms with Gasteiger partial charge in [-0.05, 0) is 26.0 Å². The van der Waals surface area contributed by atoms with Crippen LogP contribution >= 0.6 is 23.2 Å². The summed E-state index contributed by atoms with van der Waals surface area (Å²) < 4.78 is 42.5. The van der Waals surface area contributed by atoms with E-state index in [2.05, 4.69) is 15.0 Å². The molecule has 0 fully saturated rings. The molecule has 1 aromatic carbocycles. The first kappa shape index (κ1) is 19.2. The van der Waals surface area contributed by atoms with Crippen LogP contribution in [0.1, 0.15) is 19.4 Å². The molecule has 5 nitrogen and oxygen atoms in total. The number of hydrogen-bond donors (Lipinski definition) is 1. The van der Waals surface area contributed by atoms with Crippen LogP contribution in [0.25, 0.3) is 0 Å². The largest absolute Gasteiger partial charge is 0.510 e. The molecule has 0 radical (unpaired) electrons. The highest BCUT2D eigenvalue weighted by atomic mass is 35.5. The van der Waals surface area contributed by atoms with Crippen LogP contribution in [-0.4, -0.2) is 17.7 Å². The SMILES string of the molecule is CCOC(=O)C(N=Nc1c(Cl)cc(C(F)(F)F)cc1Cl)=C(C)O. The zero-order valence-corrected chi connectivity index (χ0v) is 13.4. The Labute approximate surface area is 139 Å². The molecule has 10 heteroatoms. The molecule has 0 unspecified atom stereocenters. The van der Waals surface area contributed by atoms with E-state index < -0.39 is 39.2 Å². The molecule has 126 valence electrons. The molecule has 1 aromatic rings. The van der Waals surface area contributed by atoms with Gasteiger partial charge in [0, 0.05) is 0 Å². The number of hydrogen-bond acceptors (Lipinski definition) is 5. The fraction of sp³-hybridized carbons (Fsp3) is 0.308. The van der Waals surface area contributed by atoms with Gasteiger partial charge in [0.05, 0.1) is 22.2 Å². The minimum Gasteiger partial charge on any atom is -0.510 e. The van der Waals surface area contributed by atoms with E-state index in [4.69, 9.17) is 23.2 Å². The molecule has 0 aliphatic carbocycles. The monoisotopic (exact) mass is 370 g/mol. The summed E-state index contributed by atoms with van der Waals surface area (Å²) in [6.07, 6.45) is -4.62. The van der Waals surface area contributed by atoms with Crippen LogP contribution in [0.15, 0.2) is 33.8 Å². The Hall–Kier alpha value is -1.80. The number of aliphatic hydroxyl groups is 1. The predicted molar refractivity (Wildman–Crippen MR) is 77.9 cm³/mol. The number of halogens is 5. The minimum atomic E-state index is -4.62. The Morgan fingerprint density at radius 2 is 1.83 bits per heavy atom. The molecule has 0 saturated carbocycles. The van der Waals surface area contributed by atoms with Crippen LogP contribution in [0, 0.1) is 0 Å². The second kappa shape index (κ2) is 7.65. The van der Waals surface area contributed by atoms with Crippen molar-refractivity contribution in [1.82, 2.24) is 0 Å². The van der Waals surface area contributed by atoms with Gasteiger partial charge in [-0.25, -0.2) is 4.79 Å². The summed E-state index contributed by atoms with van der Waals surface area (Å²) in [5.74, 6) is -1.43. The van der Waals surface area contributed by atoms with Gasteiger partial charge in [-0.3, -0.25) is 0 Å². The van der Waals surface area contributed by atoms with Crippen molar-refractivity contribution in [3.05, 3.63) is 39.2 Å². The number of azo groups is 1. The highest BCUT2D eigenvalue weighted by Crippen LogP contribution is 2.40. The average molecular weight is 371 g/mol.